The third-order valence-electron chi connectivity index (χ3n) is 4.48. The van der Waals surface area contributed by atoms with Gasteiger partial charge in [0.25, 0.3) is 5.91 Å². The van der Waals surface area contributed by atoms with Gasteiger partial charge in [-0.05, 0) is 37.1 Å². The van der Waals surface area contributed by atoms with Crippen LogP contribution in [-0.2, 0) is 21.4 Å². The van der Waals surface area contributed by atoms with Crippen molar-refractivity contribution in [2.24, 2.45) is 0 Å². The minimum Gasteiger partial charge on any atom is -0.484 e. The molecule has 1 fully saturated rings. The Kier molecular flexibility index (Phi) is 6.82. The van der Waals surface area contributed by atoms with Crippen molar-refractivity contribution in [1.82, 2.24) is 19.6 Å². The Balaban J connectivity index is 1.45. The lowest BCUT2D eigenvalue weighted by Gasteiger charge is -2.31. The molecule has 3 rings (SSSR count). The van der Waals surface area contributed by atoms with Crippen LogP contribution >= 0.6 is 11.6 Å². The van der Waals surface area contributed by atoms with E-state index in [1.807, 2.05) is 0 Å². The van der Waals surface area contributed by atoms with Crippen molar-refractivity contribution in [1.29, 1.82) is 0 Å². The molecule has 1 amide bonds. The van der Waals surface area contributed by atoms with Crippen molar-refractivity contribution in [3.8, 4) is 5.75 Å². The number of nitrogens with zero attached hydrogens (tertiary/aromatic N) is 3. The molecule has 1 aliphatic rings. The lowest BCUT2D eigenvalue weighted by Crippen LogP contribution is -2.46. The third-order valence-corrected chi connectivity index (χ3v) is 6.63. The third kappa shape index (κ3) is 5.63. The second-order valence-electron chi connectivity index (χ2n) is 6.39. The van der Waals surface area contributed by atoms with Gasteiger partial charge in [0.2, 0.25) is 10.0 Å². The van der Waals surface area contributed by atoms with Gasteiger partial charge in [-0.15, -0.1) is 0 Å². The first-order chi connectivity index (χ1) is 13.4. The number of hydrogen-bond donors (Lipinski definition) is 1. The molecule has 1 aromatic carbocycles. The highest BCUT2D eigenvalue weighted by atomic mass is 35.5. The van der Waals surface area contributed by atoms with E-state index in [0.29, 0.717) is 42.4 Å². The van der Waals surface area contributed by atoms with E-state index in [9.17, 15) is 13.2 Å². The van der Waals surface area contributed by atoms with Gasteiger partial charge in [-0.25, -0.2) is 13.1 Å². The number of amides is 1. The van der Waals surface area contributed by atoms with Crippen molar-refractivity contribution in [2.45, 2.75) is 24.6 Å². The Labute approximate surface area is 168 Å². The van der Waals surface area contributed by atoms with Crippen molar-refractivity contribution < 1.29 is 17.9 Å². The van der Waals surface area contributed by atoms with Gasteiger partial charge in [0.15, 0.2) is 6.61 Å². The van der Waals surface area contributed by atoms with Crippen molar-refractivity contribution in [3.05, 3.63) is 53.6 Å². The zero-order valence-corrected chi connectivity index (χ0v) is 16.7. The zero-order chi connectivity index (χ0) is 20.0. The Morgan fingerprint density at radius 1 is 1.21 bits per heavy atom. The van der Waals surface area contributed by atoms with E-state index in [1.54, 1.807) is 29.2 Å². The number of nitrogens with one attached hydrogen (secondary N) is 1. The van der Waals surface area contributed by atoms with Crippen LogP contribution in [0.25, 0.3) is 0 Å². The Bertz CT molecular complexity index is 886. The summed E-state index contributed by atoms with van der Waals surface area (Å²) in [6.07, 6.45) is 5.32. The summed E-state index contributed by atoms with van der Waals surface area (Å²) in [6, 6.07) is 6.76. The number of sulfonamides is 1. The van der Waals surface area contributed by atoms with Crippen molar-refractivity contribution >= 4 is 27.5 Å². The molecule has 10 heteroatoms. The average Bonchev–Trinajstić information content (AvgIpc) is 2.72. The fourth-order valence-electron chi connectivity index (χ4n) is 2.90. The first kappa shape index (κ1) is 20.5. The fraction of sp³-hybridized carbons (Fsp3) is 0.389. The summed E-state index contributed by atoms with van der Waals surface area (Å²) in [5.41, 5.74) is 0.554. The molecule has 0 unspecified atom stereocenters. The molecular formula is C18H21ClN4O4S. The fourth-order valence-corrected chi connectivity index (χ4v) is 4.44. The monoisotopic (exact) mass is 424 g/mol. The molecule has 1 aliphatic heterocycles. The second-order valence-corrected chi connectivity index (χ2v) is 8.87. The van der Waals surface area contributed by atoms with Gasteiger partial charge in [-0.3, -0.25) is 14.8 Å². The van der Waals surface area contributed by atoms with Crippen LogP contribution in [-0.4, -0.2) is 54.1 Å². The first-order valence-corrected chi connectivity index (χ1v) is 10.8. The molecule has 0 bridgehead atoms. The standard InChI is InChI=1S/C18H21ClN4O4S/c19-14-1-3-16(4-2-14)27-13-18(24)23-9-5-17(6-10-23)28(25,26)22-12-15-11-20-7-8-21-15/h1-4,7-8,11,17,22H,5-6,9-10,12-13H2. The van der Waals surface area contributed by atoms with Crippen LogP contribution in [0.1, 0.15) is 18.5 Å². The summed E-state index contributed by atoms with van der Waals surface area (Å²) < 4.78 is 33.0. The number of rotatable bonds is 7. The van der Waals surface area contributed by atoms with E-state index < -0.39 is 15.3 Å². The molecule has 1 N–H and O–H groups in total. The number of benzene rings is 1. The molecule has 2 heterocycles. The highest BCUT2D eigenvalue weighted by Crippen LogP contribution is 2.19. The summed E-state index contributed by atoms with van der Waals surface area (Å²) in [5.74, 6) is 0.391. The summed E-state index contributed by atoms with van der Waals surface area (Å²) >= 11 is 5.81. The lowest BCUT2D eigenvalue weighted by atomic mass is 10.1. The van der Waals surface area contributed by atoms with Gasteiger partial charge in [0.1, 0.15) is 5.75 Å². The second kappa shape index (κ2) is 9.31. The molecular weight excluding hydrogens is 404 g/mol. The highest BCUT2D eigenvalue weighted by Gasteiger charge is 2.31. The Hall–Kier alpha value is -2.23. The largest absolute Gasteiger partial charge is 0.484 e. The van der Waals surface area contributed by atoms with Crippen LogP contribution < -0.4 is 9.46 Å². The van der Waals surface area contributed by atoms with E-state index in [0.717, 1.165) is 0 Å². The van der Waals surface area contributed by atoms with E-state index >= 15 is 0 Å². The molecule has 0 aliphatic carbocycles. The van der Waals surface area contributed by atoms with Gasteiger partial charge >= 0.3 is 0 Å². The Morgan fingerprint density at radius 2 is 1.93 bits per heavy atom. The van der Waals surface area contributed by atoms with Gasteiger partial charge in [-0.2, -0.15) is 0 Å². The average molecular weight is 425 g/mol. The number of ether oxygens (including phenoxy) is 1. The topological polar surface area (TPSA) is 101 Å². The van der Waals surface area contributed by atoms with Crippen LogP contribution in [0.15, 0.2) is 42.9 Å². The molecule has 1 aromatic heterocycles. The van der Waals surface area contributed by atoms with E-state index in [1.165, 1.54) is 18.6 Å². The summed E-state index contributed by atoms with van der Waals surface area (Å²) in [6.45, 7) is 0.757. The highest BCUT2D eigenvalue weighted by molar-refractivity contribution is 7.90. The SMILES string of the molecule is O=C(COc1ccc(Cl)cc1)N1CCC(S(=O)(=O)NCc2cnccn2)CC1. The molecule has 1 saturated heterocycles. The number of piperidine rings is 1. The van der Waals surface area contributed by atoms with Crippen LogP contribution in [0.4, 0.5) is 0 Å². The number of carbonyl (C=O) groups is 1. The molecule has 0 radical (unpaired) electrons. The van der Waals surface area contributed by atoms with Crippen molar-refractivity contribution in [3.63, 3.8) is 0 Å². The van der Waals surface area contributed by atoms with E-state index in [-0.39, 0.29) is 19.1 Å². The maximum absolute atomic E-state index is 12.5. The molecule has 150 valence electrons. The first-order valence-electron chi connectivity index (χ1n) is 8.83. The molecule has 8 nitrogen and oxygen atoms in total. The van der Waals surface area contributed by atoms with Crippen LogP contribution in [0.5, 0.6) is 5.75 Å². The minimum atomic E-state index is -3.49. The lowest BCUT2D eigenvalue weighted by molar-refractivity contribution is -0.134. The molecule has 0 saturated carbocycles. The molecule has 0 atom stereocenters. The maximum atomic E-state index is 12.5. The smallest absolute Gasteiger partial charge is 0.260 e. The summed E-state index contributed by atoms with van der Waals surface area (Å²) in [5, 5.41) is 0.0558. The maximum Gasteiger partial charge on any atom is 0.260 e. The Morgan fingerprint density at radius 3 is 2.57 bits per heavy atom. The van der Waals surface area contributed by atoms with Crippen LogP contribution in [0.3, 0.4) is 0 Å². The van der Waals surface area contributed by atoms with Gasteiger partial charge < -0.3 is 9.64 Å². The number of aromatic nitrogens is 2. The number of hydrogen-bond acceptors (Lipinski definition) is 6. The minimum absolute atomic E-state index is 0.0933. The quantitative estimate of drug-likeness (QED) is 0.724. The van der Waals surface area contributed by atoms with Crippen molar-refractivity contribution in [2.75, 3.05) is 19.7 Å². The van der Waals surface area contributed by atoms with Gasteiger partial charge in [-0.1, -0.05) is 11.6 Å². The number of likely N-dealkylation sites (tertiary alicyclic amines) is 1. The molecule has 2 aromatic rings. The van der Waals surface area contributed by atoms with Gasteiger partial charge in [0.05, 0.1) is 17.5 Å². The van der Waals surface area contributed by atoms with E-state index in [4.69, 9.17) is 16.3 Å². The van der Waals surface area contributed by atoms with Gasteiger partial charge in [0, 0.05) is 36.7 Å². The molecule has 28 heavy (non-hydrogen) atoms. The normalized spacial score (nSPS) is 15.4. The molecule has 0 spiro atoms. The van der Waals surface area contributed by atoms with Crippen LogP contribution in [0, 0.1) is 0 Å². The number of carbonyl (C=O) groups excluding carboxylic acids is 1. The van der Waals surface area contributed by atoms with E-state index in [2.05, 4.69) is 14.7 Å². The van der Waals surface area contributed by atoms with Crippen LogP contribution in [0.2, 0.25) is 5.02 Å². The summed E-state index contributed by atoms with van der Waals surface area (Å²) in [7, 11) is -3.49. The zero-order valence-electron chi connectivity index (χ0n) is 15.1. The number of halogens is 1. The summed E-state index contributed by atoms with van der Waals surface area (Å²) in [4.78, 5) is 21.9. The predicted molar refractivity (Wildman–Crippen MR) is 104 cm³/mol. The predicted octanol–water partition coefficient (Wildman–Crippen LogP) is 1.62.